The molecule has 2 aromatic carbocycles. The van der Waals surface area contributed by atoms with Crippen LogP contribution in [0.5, 0.6) is 5.75 Å². The van der Waals surface area contributed by atoms with Crippen LogP contribution < -0.4 is 5.43 Å². The molecule has 0 heterocycles. The highest BCUT2D eigenvalue weighted by Crippen LogP contribution is 2.35. The maximum absolute atomic E-state index is 12.7. The highest BCUT2D eigenvalue weighted by Gasteiger charge is 2.33. The number of nitrogens with zero attached hydrogens (tertiary/aromatic N) is 3. The van der Waals surface area contributed by atoms with Crippen LogP contribution in [-0.4, -0.2) is 21.2 Å². The number of hydrazone groups is 1. The first-order chi connectivity index (χ1) is 12.5. The molecule has 0 spiro atoms. The summed E-state index contributed by atoms with van der Waals surface area (Å²) < 4.78 is 38.2. The molecule has 0 amide bonds. The fraction of sp³-hybridized carbons (Fsp3) is 0.0714. The minimum atomic E-state index is -4.75. The maximum atomic E-state index is 12.7. The Morgan fingerprint density at radius 2 is 1.81 bits per heavy atom. The van der Waals surface area contributed by atoms with Crippen molar-refractivity contribution in [1.82, 2.24) is 0 Å². The molecule has 0 saturated carbocycles. The van der Waals surface area contributed by atoms with Gasteiger partial charge in [0.15, 0.2) is 0 Å². The van der Waals surface area contributed by atoms with Crippen LogP contribution in [0.4, 0.5) is 30.2 Å². The molecule has 0 aliphatic rings. The number of hydrogen-bond acceptors (Lipinski definition) is 7. The van der Waals surface area contributed by atoms with E-state index in [4.69, 9.17) is 0 Å². The number of phenolic OH excluding ortho intramolecular Hbond substituents is 1. The lowest BCUT2D eigenvalue weighted by Gasteiger charge is -2.08. The number of nitro groups is 2. The fourth-order valence-electron chi connectivity index (χ4n) is 1.93. The fourth-order valence-corrected chi connectivity index (χ4v) is 2.56. The van der Waals surface area contributed by atoms with Gasteiger partial charge in [-0.05, 0) is 34.7 Å². The van der Waals surface area contributed by atoms with Crippen molar-refractivity contribution in [2.45, 2.75) is 6.18 Å². The quantitative estimate of drug-likeness (QED) is 0.275. The van der Waals surface area contributed by atoms with Gasteiger partial charge in [0, 0.05) is 23.8 Å². The Labute approximate surface area is 161 Å². The lowest BCUT2D eigenvalue weighted by Crippen LogP contribution is -2.06. The van der Waals surface area contributed by atoms with Crippen LogP contribution >= 0.6 is 22.6 Å². The van der Waals surface area contributed by atoms with E-state index in [1.54, 1.807) is 22.6 Å². The van der Waals surface area contributed by atoms with Gasteiger partial charge >= 0.3 is 6.18 Å². The Balaban J connectivity index is 2.34. The van der Waals surface area contributed by atoms with Crippen LogP contribution in [0.1, 0.15) is 11.1 Å². The molecule has 13 heteroatoms. The number of hydrogen-bond donors (Lipinski definition) is 2. The van der Waals surface area contributed by atoms with Crippen molar-refractivity contribution < 1.29 is 28.1 Å². The molecule has 0 aromatic heterocycles. The minimum Gasteiger partial charge on any atom is -0.506 e. The second kappa shape index (κ2) is 7.73. The van der Waals surface area contributed by atoms with Crippen molar-refractivity contribution in [3.05, 3.63) is 65.3 Å². The molecule has 0 aliphatic carbocycles. The van der Waals surface area contributed by atoms with Crippen molar-refractivity contribution >= 4 is 45.9 Å². The Kier molecular flexibility index (Phi) is 5.82. The van der Waals surface area contributed by atoms with Crippen LogP contribution in [0.3, 0.4) is 0 Å². The molecule has 0 unspecified atom stereocenters. The molecule has 2 rings (SSSR count). The van der Waals surface area contributed by atoms with Crippen molar-refractivity contribution in [1.29, 1.82) is 0 Å². The van der Waals surface area contributed by atoms with Gasteiger partial charge in [-0.25, -0.2) is 0 Å². The molecule has 2 N–H and O–H groups in total. The van der Waals surface area contributed by atoms with E-state index in [1.165, 1.54) is 0 Å². The monoisotopic (exact) mass is 496 g/mol. The normalized spacial score (nSPS) is 11.6. The van der Waals surface area contributed by atoms with Crippen molar-refractivity contribution in [2.24, 2.45) is 5.10 Å². The van der Waals surface area contributed by atoms with Crippen molar-refractivity contribution in [2.75, 3.05) is 5.43 Å². The predicted octanol–water partition coefficient (Wildman–Crippen LogP) is 4.28. The minimum absolute atomic E-state index is 0.0596. The molecule has 0 saturated heterocycles. The number of non-ortho nitro benzene ring substituents is 1. The van der Waals surface area contributed by atoms with E-state index in [2.05, 4.69) is 10.5 Å². The largest absolute Gasteiger partial charge is 0.506 e. The van der Waals surface area contributed by atoms with Gasteiger partial charge in [0.2, 0.25) is 0 Å². The summed E-state index contributed by atoms with van der Waals surface area (Å²) in [5.74, 6) is -0.311. The average Bonchev–Trinajstić information content (AvgIpc) is 2.57. The van der Waals surface area contributed by atoms with Gasteiger partial charge in [0.05, 0.1) is 25.2 Å². The van der Waals surface area contributed by atoms with Crippen LogP contribution in [0.2, 0.25) is 0 Å². The summed E-state index contributed by atoms with van der Waals surface area (Å²) in [5, 5.41) is 35.3. The summed E-state index contributed by atoms with van der Waals surface area (Å²) in [4.78, 5) is 20.1. The number of halogens is 4. The van der Waals surface area contributed by atoms with Crippen LogP contribution in [-0.2, 0) is 6.18 Å². The topological polar surface area (TPSA) is 131 Å². The smallest absolute Gasteiger partial charge is 0.416 e. The van der Waals surface area contributed by atoms with Gasteiger partial charge < -0.3 is 5.11 Å². The van der Waals surface area contributed by atoms with E-state index in [9.17, 15) is 38.5 Å². The van der Waals surface area contributed by atoms with Gasteiger partial charge in [-0.2, -0.15) is 18.3 Å². The van der Waals surface area contributed by atoms with E-state index < -0.39 is 27.3 Å². The number of alkyl halides is 3. The van der Waals surface area contributed by atoms with Crippen LogP contribution in [0.15, 0.2) is 35.4 Å². The number of rotatable bonds is 5. The highest BCUT2D eigenvalue weighted by molar-refractivity contribution is 14.1. The molecule has 27 heavy (non-hydrogen) atoms. The molecule has 9 nitrogen and oxygen atoms in total. The predicted molar refractivity (Wildman–Crippen MR) is 96.8 cm³/mol. The number of nitro benzene ring substituents is 2. The van der Waals surface area contributed by atoms with E-state index in [0.717, 1.165) is 24.4 Å². The molecule has 0 fully saturated rings. The number of benzene rings is 2. The van der Waals surface area contributed by atoms with Crippen LogP contribution in [0, 0.1) is 23.8 Å². The van der Waals surface area contributed by atoms with Gasteiger partial charge in [-0.3, -0.25) is 25.7 Å². The van der Waals surface area contributed by atoms with Gasteiger partial charge in [-0.1, -0.05) is 0 Å². The van der Waals surface area contributed by atoms with Crippen molar-refractivity contribution in [3.8, 4) is 5.75 Å². The zero-order valence-corrected chi connectivity index (χ0v) is 15.1. The number of phenols is 1. The lowest BCUT2D eigenvalue weighted by molar-refractivity contribution is -0.385. The Morgan fingerprint density at radius 3 is 2.37 bits per heavy atom. The zero-order chi connectivity index (χ0) is 20.4. The molecule has 0 atom stereocenters. The van der Waals surface area contributed by atoms with Gasteiger partial charge in [-0.15, -0.1) is 0 Å². The van der Waals surface area contributed by atoms with E-state index in [-0.39, 0.29) is 26.3 Å². The number of nitrogens with one attached hydrogen (secondary N) is 1. The van der Waals surface area contributed by atoms with Gasteiger partial charge in [0.1, 0.15) is 11.4 Å². The Hall–Kier alpha value is -2.97. The zero-order valence-electron chi connectivity index (χ0n) is 12.9. The molecule has 142 valence electrons. The van der Waals surface area contributed by atoms with E-state index in [1.807, 2.05) is 0 Å². The summed E-state index contributed by atoms with van der Waals surface area (Å²) in [6.45, 7) is 0. The molecule has 0 radical (unpaired) electrons. The third kappa shape index (κ3) is 4.81. The molecule has 2 aromatic rings. The number of aromatic hydroxyl groups is 1. The summed E-state index contributed by atoms with van der Waals surface area (Å²) in [6, 6.07) is 3.96. The molecular weight excluding hydrogens is 488 g/mol. The SMILES string of the molecule is O=[N+]([O-])c1cc(I)c(O)c(/C=N\Nc2ccc(C(F)(F)F)cc2[N+](=O)[O-])c1. The summed E-state index contributed by atoms with van der Waals surface area (Å²) in [6.07, 6.45) is -3.80. The maximum Gasteiger partial charge on any atom is 0.416 e. The average molecular weight is 496 g/mol. The first-order valence-electron chi connectivity index (χ1n) is 6.82. The highest BCUT2D eigenvalue weighted by atomic mass is 127. The standard InChI is InChI=1S/C14H8F3IN4O5/c15-14(16,17)8-1-2-11(12(4-8)22(26)27)20-19-6-7-3-9(21(24)25)5-10(18)13(7)23/h1-6,20,23H/b19-6-. The van der Waals surface area contributed by atoms with Crippen molar-refractivity contribution in [3.63, 3.8) is 0 Å². The second-order valence-corrected chi connectivity index (χ2v) is 6.14. The first-order valence-corrected chi connectivity index (χ1v) is 7.90. The van der Waals surface area contributed by atoms with Crippen LogP contribution in [0.25, 0.3) is 0 Å². The second-order valence-electron chi connectivity index (χ2n) is 4.98. The van der Waals surface area contributed by atoms with Gasteiger partial charge in [0.25, 0.3) is 11.4 Å². The molecule has 0 aliphatic heterocycles. The summed E-state index contributed by atoms with van der Waals surface area (Å²) in [7, 11) is 0. The lowest BCUT2D eigenvalue weighted by atomic mass is 10.1. The Bertz CT molecular complexity index is 949. The molecular formula is C14H8F3IN4O5. The number of anilines is 1. The first kappa shape index (κ1) is 20.3. The van der Waals surface area contributed by atoms with E-state index >= 15 is 0 Å². The summed E-state index contributed by atoms with van der Waals surface area (Å²) in [5.41, 5.74) is -0.576. The van der Waals surface area contributed by atoms with E-state index in [0.29, 0.717) is 12.1 Å². The third-order valence-electron chi connectivity index (χ3n) is 3.20. The molecule has 0 bridgehead atoms. The third-order valence-corrected chi connectivity index (χ3v) is 4.02. The Morgan fingerprint density at radius 1 is 1.15 bits per heavy atom. The summed E-state index contributed by atoms with van der Waals surface area (Å²) >= 11 is 1.66.